The first-order chi connectivity index (χ1) is 9.59. The lowest BCUT2D eigenvalue weighted by molar-refractivity contribution is 0.475. The number of hydrogen-bond donors (Lipinski definition) is 1. The third-order valence-corrected chi connectivity index (χ3v) is 3.53. The number of rotatable bonds is 1. The van der Waals surface area contributed by atoms with Crippen LogP contribution in [0.3, 0.4) is 0 Å². The SMILES string of the molecule is Cc1nc2ccccc2c(=O)n1-c1cccc(O)c1Cl. The van der Waals surface area contributed by atoms with Gasteiger partial charge in [0.1, 0.15) is 16.6 Å². The highest BCUT2D eigenvalue weighted by atomic mass is 35.5. The summed E-state index contributed by atoms with van der Waals surface area (Å²) in [6.07, 6.45) is 0. The fraction of sp³-hybridized carbons (Fsp3) is 0.0667. The number of halogens is 1. The minimum Gasteiger partial charge on any atom is -0.506 e. The van der Waals surface area contributed by atoms with Gasteiger partial charge >= 0.3 is 0 Å². The molecule has 0 fully saturated rings. The van der Waals surface area contributed by atoms with E-state index < -0.39 is 0 Å². The molecular weight excluding hydrogens is 276 g/mol. The summed E-state index contributed by atoms with van der Waals surface area (Å²) in [5.41, 5.74) is 0.857. The van der Waals surface area contributed by atoms with E-state index in [1.165, 1.54) is 10.6 Å². The number of para-hydroxylation sites is 1. The first-order valence-corrected chi connectivity index (χ1v) is 6.43. The molecule has 0 radical (unpaired) electrons. The van der Waals surface area contributed by atoms with Crippen molar-refractivity contribution in [3.8, 4) is 11.4 Å². The van der Waals surface area contributed by atoms with Gasteiger partial charge in [-0.25, -0.2) is 4.98 Å². The predicted octanol–water partition coefficient (Wildman–Crippen LogP) is 3.05. The van der Waals surface area contributed by atoms with Gasteiger partial charge in [0.05, 0.1) is 16.6 Å². The Morgan fingerprint density at radius 1 is 1.15 bits per heavy atom. The number of hydrogen-bond acceptors (Lipinski definition) is 3. The van der Waals surface area contributed by atoms with Crippen LogP contribution in [0.1, 0.15) is 5.82 Å². The Labute approximate surface area is 119 Å². The molecule has 1 N–H and O–H groups in total. The van der Waals surface area contributed by atoms with Crippen LogP contribution in [-0.2, 0) is 0 Å². The highest BCUT2D eigenvalue weighted by Crippen LogP contribution is 2.29. The summed E-state index contributed by atoms with van der Waals surface area (Å²) in [5, 5.41) is 10.3. The summed E-state index contributed by atoms with van der Waals surface area (Å²) >= 11 is 6.09. The van der Waals surface area contributed by atoms with Crippen molar-refractivity contribution in [1.82, 2.24) is 9.55 Å². The number of phenolic OH excluding ortho intramolecular Hbond substituents is 1. The van der Waals surface area contributed by atoms with Crippen molar-refractivity contribution >= 4 is 22.5 Å². The second-order valence-corrected chi connectivity index (χ2v) is 4.80. The van der Waals surface area contributed by atoms with Gasteiger partial charge in [-0.3, -0.25) is 9.36 Å². The van der Waals surface area contributed by atoms with Crippen molar-refractivity contribution in [2.24, 2.45) is 0 Å². The van der Waals surface area contributed by atoms with Gasteiger partial charge in [-0.2, -0.15) is 0 Å². The van der Waals surface area contributed by atoms with Crippen LogP contribution in [0.25, 0.3) is 16.6 Å². The van der Waals surface area contributed by atoms with Crippen LogP contribution in [0.2, 0.25) is 5.02 Å². The number of aryl methyl sites for hydroxylation is 1. The zero-order valence-corrected chi connectivity index (χ0v) is 11.4. The van der Waals surface area contributed by atoms with Crippen molar-refractivity contribution in [3.63, 3.8) is 0 Å². The van der Waals surface area contributed by atoms with Crippen LogP contribution < -0.4 is 5.56 Å². The Morgan fingerprint density at radius 3 is 2.70 bits per heavy atom. The Hall–Kier alpha value is -2.33. The smallest absolute Gasteiger partial charge is 0.266 e. The second-order valence-electron chi connectivity index (χ2n) is 4.43. The molecule has 0 aliphatic carbocycles. The molecule has 0 unspecified atom stereocenters. The fourth-order valence-electron chi connectivity index (χ4n) is 2.21. The number of benzene rings is 2. The lowest BCUT2D eigenvalue weighted by atomic mass is 10.2. The first-order valence-electron chi connectivity index (χ1n) is 6.06. The van der Waals surface area contributed by atoms with Gasteiger partial charge in [0.25, 0.3) is 5.56 Å². The summed E-state index contributed by atoms with van der Waals surface area (Å²) in [4.78, 5) is 17.0. The quantitative estimate of drug-likeness (QED) is 0.748. The Balaban J connectivity index is 2.43. The molecule has 5 heteroatoms. The predicted molar refractivity (Wildman–Crippen MR) is 78.8 cm³/mol. The van der Waals surface area contributed by atoms with E-state index in [9.17, 15) is 9.90 Å². The van der Waals surface area contributed by atoms with Crippen LogP contribution in [0.4, 0.5) is 0 Å². The van der Waals surface area contributed by atoms with Gasteiger partial charge in [-0.1, -0.05) is 29.8 Å². The average Bonchev–Trinajstić information content (AvgIpc) is 2.43. The molecule has 1 aromatic heterocycles. The van der Waals surface area contributed by atoms with Crippen molar-refractivity contribution in [2.45, 2.75) is 6.92 Å². The van der Waals surface area contributed by atoms with Gasteiger partial charge in [0, 0.05) is 0 Å². The van der Waals surface area contributed by atoms with Gasteiger partial charge in [0.15, 0.2) is 0 Å². The number of nitrogens with zero attached hydrogens (tertiary/aromatic N) is 2. The normalized spacial score (nSPS) is 10.9. The van der Waals surface area contributed by atoms with Crippen molar-refractivity contribution in [3.05, 3.63) is 63.7 Å². The van der Waals surface area contributed by atoms with E-state index in [4.69, 9.17) is 11.6 Å². The molecule has 0 saturated carbocycles. The summed E-state index contributed by atoms with van der Waals surface area (Å²) in [5.74, 6) is 0.449. The topological polar surface area (TPSA) is 55.1 Å². The standard InChI is InChI=1S/C15H11ClN2O2/c1-9-17-11-6-3-2-5-10(11)15(20)18(9)12-7-4-8-13(19)14(12)16/h2-8,19H,1H3. The van der Waals surface area contributed by atoms with Gasteiger partial charge in [-0.15, -0.1) is 0 Å². The molecule has 0 bridgehead atoms. The maximum Gasteiger partial charge on any atom is 0.266 e. The zero-order chi connectivity index (χ0) is 14.3. The van der Waals surface area contributed by atoms with Crippen molar-refractivity contribution < 1.29 is 5.11 Å². The van der Waals surface area contributed by atoms with Gasteiger partial charge in [0.2, 0.25) is 0 Å². The molecule has 0 aliphatic rings. The highest BCUT2D eigenvalue weighted by Gasteiger charge is 2.13. The molecule has 0 aliphatic heterocycles. The molecule has 0 amide bonds. The highest BCUT2D eigenvalue weighted by molar-refractivity contribution is 6.33. The maximum atomic E-state index is 12.6. The van der Waals surface area contributed by atoms with E-state index in [0.29, 0.717) is 22.4 Å². The monoisotopic (exact) mass is 286 g/mol. The number of fused-ring (bicyclic) bond motifs is 1. The van der Waals surface area contributed by atoms with Crippen LogP contribution >= 0.6 is 11.6 Å². The van der Waals surface area contributed by atoms with E-state index in [2.05, 4.69) is 4.98 Å². The van der Waals surface area contributed by atoms with Crippen LogP contribution in [0, 0.1) is 6.92 Å². The van der Waals surface area contributed by atoms with E-state index in [-0.39, 0.29) is 16.3 Å². The van der Waals surface area contributed by atoms with E-state index in [1.807, 2.05) is 6.07 Å². The molecular formula is C15H11ClN2O2. The summed E-state index contributed by atoms with van der Waals surface area (Å²) in [6, 6.07) is 11.9. The molecule has 20 heavy (non-hydrogen) atoms. The molecule has 4 nitrogen and oxygen atoms in total. The number of phenols is 1. The minimum absolute atomic E-state index is 0.0661. The molecule has 3 rings (SSSR count). The lowest BCUT2D eigenvalue weighted by Gasteiger charge is -2.12. The zero-order valence-electron chi connectivity index (χ0n) is 10.7. The van der Waals surface area contributed by atoms with E-state index in [1.54, 1.807) is 37.3 Å². The number of aromatic hydroxyl groups is 1. The number of aromatic nitrogens is 2. The van der Waals surface area contributed by atoms with Crippen molar-refractivity contribution in [2.75, 3.05) is 0 Å². The molecule has 0 saturated heterocycles. The third-order valence-electron chi connectivity index (χ3n) is 3.14. The van der Waals surface area contributed by atoms with Gasteiger partial charge < -0.3 is 5.11 Å². The minimum atomic E-state index is -0.208. The molecule has 2 aromatic carbocycles. The van der Waals surface area contributed by atoms with E-state index >= 15 is 0 Å². The lowest BCUT2D eigenvalue weighted by Crippen LogP contribution is -2.22. The largest absolute Gasteiger partial charge is 0.506 e. The second kappa shape index (κ2) is 4.65. The van der Waals surface area contributed by atoms with Crippen molar-refractivity contribution in [1.29, 1.82) is 0 Å². The van der Waals surface area contributed by atoms with Gasteiger partial charge in [-0.05, 0) is 31.2 Å². The summed E-state index contributed by atoms with van der Waals surface area (Å²) in [6.45, 7) is 1.73. The third kappa shape index (κ3) is 1.85. The molecule has 100 valence electrons. The van der Waals surface area contributed by atoms with Crippen LogP contribution in [0.5, 0.6) is 5.75 Å². The fourth-order valence-corrected chi connectivity index (χ4v) is 2.42. The maximum absolute atomic E-state index is 12.6. The molecule has 3 aromatic rings. The van der Waals surface area contributed by atoms with Crippen LogP contribution in [-0.4, -0.2) is 14.7 Å². The summed E-state index contributed by atoms with van der Waals surface area (Å²) < 4.78 is 1.41. The Morgan fingerprint density at radius 2 is 1.90 bits per heavy atom. The summed E-state index contributed by atoms with van der Waals surface area (Å²) in [7, 11) is 0. The van der Waals surface area contributed by atoms with E-state index in [0.717, 1.165) is 0 Å². The first kappa shape index (κ1) is 12.7. The molecule has 1 heterocycles. The van der Waals surface area contributed by atoms with Crippen LogP contribution in [0.15, 0.2) is 47.3 Å². The molecule has 0 spiro atoms. The average molecular weight is 287 g/mol. The Kier molecular flexibility index (Phi) is 2.95. The Bertz CT molecular complexity index is 871. The molecule has 0 atom stereocenters.